The second-order valence-corrected chi connectivity index (χ2v) is 8.13. The Balaban J connectivity index is 2.07. The van der Waals surface area contributed by atoms with E-state index in [2.05, 4.69) is 50.0 Å². The highest BCUT2D eigenvalue weighted by Crippen LogP contribution is 2.38. The lowest BCUT2D eigenvalue weighted by Crippen LogP contribution is -2.61. The largest absolute Gasteiger partial charge is 0.312 e. The minimum atomic E-state index is 0.434. The van der Waals surface area contributed by atoms with Crippen molar-refractivity contribution in [2.24, 2.45) is 5.41 Å². The minimum Gasteiger partial charge on any atom is -0.312 e. The first-order valence-corrected chi connectivity index (χ1v) is 9.09. The molecule has 2 rings (SSSR count). The highest BCUT2D eigenvalue weighted by Gasteiger charge is 2.42. The fourth-order valence-electron chi connectivity index (χ4n) is 4.42. The third-order valence-electron chi connectivity index (χ3n) is 5.79. The van der Waals surface area contributed by atoms with Crippen LogP contribution in [0.3, 0.4) is 0 Å². The van der Waals surface area contributed by atoms with Gasteiger partial charge in [-0.2, -0.15) is 0 Å². The maximum Gasteiger partial charge on any atom is 0.0274 e. The molecule has 0 aromatic carbocycles. The van der Waals surface area contributed by atoms with Crippen molar-refractivity contribution in [2.75, 3.05) is 33.7 Å². The summed E-state index contributed by atoms with van der Waals surface area (Å²) in [5, 5.41) is 3.90. The summed E-state index contributed by atoms with van der Waals surface area (Å²) in [6.07, 6.45) is 8.11. The van der Waals surface area contributed by atoms with Gasteiger partial charge in [-0.25, -0.2) is 0 Å². The maximum absolute atomic E-state index is 3.90. The number of nitrogens with one attached hydrogen (secondary N) is 1. The van der Waals surface area contributed by atoms with Crippen molar-refractivity contribution in [3.8, 4) is 0 Å². The van der Waals surface area contributed by atoms with Crippen LogP contribution in [0.1, 0.15) is 59.3 Å². The van der Waals surface area contributed by atoms with Crippen molar-refractivity contribution in [3.63, 3.8) is 0 Å². The van der Waals surface area contributed by atoms with E-state index in [1.807, 2.05) is 0 Å². The molecule has 1 N–H and O–H groups in total. The molecule has 124 valence electrons. The van der Waals surface area contributed by atoms with E-state index in [0.717, 1.165) is 18.6 Å². The summed E-state index contributed by atoms with van der Waals surface area (Å²) in [5.74, 6) is 0. The molecule has 0 bridgehead atoms. The molecule has 0 spiro atoms. The Morgan fingerprint density at radius 2 is 1.95 bits per heavy atom. The van der Waals surface area contributed by atoms with Gasteiger partial charge in [-0.3, -0.25) is 4.90 Å². The topological polar surface area (TPSA) is 18.5 Å². The molecule has 0 aromatic rings. The fourth-order valence-corrected chi connectivity index (χ4v) is 4.42. The molecule has 2 aliphatic rings. The average molecular weight is 296 g/mol. The van der Waals surface area contributed by atoms with Crippen LogP contribution < -0.4 is 5.32 Å². The van der Waals surface area contributed by atoms with E-state index in [0.29, 0.717) is 11.5 Å². The molecule has 3 atom stereocenters. The number of hydrogen-bond acceptors (Lipinski definition) is 3. The molecule has 2 fully saturated rings. The van der Waals surface area contributed by atoms with Gasteiger partial charge in [-0.15, -0.1) is 0 Å². The van der Waals surface area contributed by atoms with Crippen LogP contribution in [-0.4, -0.2) is 61.7 Å². The van der Waals surface area contributed by atoms with Gasteiger partial charge in [0, 0.05) is 24.7 Å². The first-order valence-electron chi connectivity index (χ1n) is 9.09. The van der Waals surface area contributed by atoms with Gasteiger partial charge in [-0.05, 0) is 64.7 Å². The zero-order valence-corrected chi connectivity index (χ0v) is 15.0. The van der Waals surface area contributed by atoms with Crippen molar-refractivity contribution >= 4 is 0 Å². The van der Waals surface area contributed by atoms with Crippen LogP contribution in [0.5, 0.6) is 0 Å². The number of rotatable bonds is 5. The predicted molar refractivity (Wildman–Crippen MR) is 91.8 cm³/mol. The summed E-state index contributed by atoms with van der Waals surface area (Å²) in [4.78, 5) is 5.23. The molecule has 0 amide bonds. The van der Waals surface area contributed by atoms with E-state index in [4.69, 9.17) is 0 Å². The van der Waals surface area contributed by atoms with Gasteiger partial charge in [0.05, 0.1) is 0 Å². The smallest absolute Gasteiger partial charge is 0.0274 e. The van der Waals surface area contributed by atoms with E-state index < -0.39 is 0 Å². The molecule has 21 heavy (non-hydrogen) atoms. The minimum absolute atomic E-state index is 0.434. The van der Waals surface area contributed by atoms with Crippen molar-refractivity contribution in [2.45, 2.75) is 77.4 Å². The molecule has 3 heteroatoms. The maximum atomic E-state index is 3.90. The summed E-state index contributed by atoms with van der Waals surface area (Å²) in [6, 6.07) is 2.14. The summed E-state index contributed by atoms with van der Waals surface area (Å²) in [7, 11) is 4.48. The molecule has 1 saturated heterocycles. The fraction of sp³-hybridized carbons (Fsp3) is 1.00. The van der Waals surface area contributed by atoms with Crippen molar-refractivity contribution in [1.82, 2.24) is 15.1 Å². The molecule has 3 nitrogen and oxygen atoms in total. The second-order valence-electron chi connectivity index (χ2n) is 8.13. The Kier molecular flexibility index (Phi) is 6.10. The number of likely N-dealkylation sites (tertiary alicyclic amines) is 1. The lowest BCUT2D eigenvalue weighted by atomic mass is 9.70. The standard InChI is InChI=1S/C18H37N3/c1-6-12-19-17-16(10-7-11-18(17,2)3)21-13-8-9-15(14-21)20(4)5/h15-17,19H,6-14H2,1-5H3. The lowest BCUT2D eigenvalue weighted by molar-refractivity contribution is 0.0174. The lowest BCUT2D eigenvalue weighted by Gasteiger charge is -2.51. The van der Waals surface area contributed by atoms with Crippen LogP contribution >= 0.6 is 0 Å². The Morgan fingerprint density at radius 1 is 1.19 bits per heavy atom. The van der Waals surface area contributed by atoms with Crippen molar-refractivity contribution in [3.05, 3.63) is 0 Å². The summed E-state index contributed by atoms with van der Waals surface area (Å²) in [6.45, 7) is 10.9. The molecule has 1 aliphatic carbocycles. The highest BCUT2D eigenvalue weighted by molar-refractivity contribution is 4.99. The quantitative estimate of drug-likeness (QED) is 0.841. The summed E-state index contributed by atoms with van der Waals surface area (Å²) < 4.78 is 0. The van der Waals surface area contributed by atoms with E-state index in [-0.39, 0.29) is 0 Å². The summed E-state index contributed by atoms with van der Waals surface area (Å²) in [5.41, 5.74) is 0.434. The van der Waals surface area contributed by atoms with Crippen LogP contribution in [0.2, 0.25) is 0 Å². The highest BCUT2D eigenvalue weighted by atomic mass is 15.2. The van der Waals surface area contributed by atoms with Crippen LogP contribution in [0.25, 0.3) is 0 Å². The van der Waals surface area contributed by atoms with Gasteiger partial charge < -0.3 is 10.2 Å². The zero-order chi connectivity index (χ0) is 15.5. The molecule has 1 saturated carbocycles. The van der Waals surface area contributed by atoms with Crippen LogP contribution in [0, 0.1) is 5.41 Å². The van der Waals surface area contributed by atoms with Crippen molar-refractivity contribution in [1.29, 1.82) is 0 Å². The monoisotopic (exact) mass is 295 g/mol. The van der Waals surface area contributed by atoms with Gasteiger partial charge >= 0.3 is 0 Å². The van der Waals surface area contributed by atoms with Gasteiger partial charge in [0.1, 0.15) is 0 Å². The van der Waals surface area contributed by atoms with Gasteiger partial charge in [0.2, 0.25) is 0 Å². The van der Waals surface area contributed by atoms with E-state index in [1.165, 1.54) is 51.6 Å². The van der Waals surface area contributed by atoms with Gasteiger partial charge in [0.15, 0.2) is 0 Å². The molecule has 3 unspecified atom stereocenters. The molecule has 1 heterocycles. The average Bonchev–Trinajstić information content (AvgIpc) is 2.45. The molecule has 0 aromatic heterocycles. The SMILES string of the molecule is CCCNC1C(N2CCCC(N(C)C)C2)CCCC1(C)C. The Morgan fingerprint density at radius 3 is 2.62 bits per heavy atom. The first-order chi connectivity index (χ1) is 9.95. The van der Waals surface area contributed by atoms with Gasteiger partial charge in [-0.1, -0.05) is 27.2 Å². The number of piperidine rings is 1. The molecule has 0 radical (unpaired) electrons. The van der Waals surface area contributed by atoms with E-state index in [1.54, 1.807) is 0 Å². The third-order valence-corrected chi connectivity index (χ3v) is 5.79. The molecular formula is C18H37N3. The Bertz CT molecular complexity index is 314. The van der Waals surface area contributed by atoms with Gasteiger partial charge in [0.25, 0.3) is 0 Å². The molecular weight excluding hydrogens is 258 g/mol. The normalized spacial score (nSPS) is 34.3. The number of likely N-dealkylation sites (N-methyl/N-ethyl adjacent to an activating group) is 1. The summed E-state index contributed by atoms with van der Waals surface area (Å²) >= 11 is 0. The number of hydrogen-bond donors (Lipinski definition) is 1. The Hall–Kier alpha value is -0.120. The van der Waals surface area contributed by atoms with E-state index in [9.17, 15) is 0 Å². The Labute approximate surface area is 132 Å². The third kappa shape index (κ3) is 4.20. The first kappa shape index (κ1) is 17.2. The van der Waals surface area contributed by atoms with Crippen LogP contribution in [-0.2, 0) is 0 Å². The van der Waals surface area contributed by atoms with Crippen LogP contribution in [0.4, 0.5) is 0 Å². The predicted octanol–water partition coefficient (Wildman–Crippen LogP) is 2.96. The zero-order valence-electron chi connectivity index (χ0n) is 15.0. The molecule has 1 aliphatic heterocycles. The number of nitrogens with zero attached hydrogens (tertiary/aromatic N) is 2. The second kappa shape index (κ2) is 7.43. The van der Waals surface area contributed by atoms with E-state index >= 15 is 0 Å². The van der Waals surface area contributed by atoms with Crippen molar-refractivity contribution < 1.29 is 0 Å². The van der Waals surface area contributed by atoms with Crippen LogP contribution in [0.15, 0.2) is 0 Å².